The molecule has 21 heavy (non-hydrogen) atoms. The number of rotatable bonds is 11. The third-order valence-electron chi connectivity index (χ3n) is 3.05. The fourth-order valence-electron chi connectivity index (χ4n) is 1.49. The van der Waals surface area contributed by atoms with Crippen LogP contribution in [0.4, 0.5) is 0 Å². The summed E-state index contributed by atoms with van der Waals surface area (Å²) in [6.45, 7) is 6.00. The van der Waals surface area contributed by atoms with Crippen LogP contribution >= 0.6 is 11.8 Å². The number of hydrogen-bond acceptors (Lipinski definition) is 5. The molecule has 7 heteroatoms. The summed E-state index contributed by atoms with van der Waals surface area (Å²) < 4.78 is 0. The van der Waals surface area contributed by atoms with E-state index in [0.717, 1.165) is 11.5 Å². The summed E-state index contributed by atoms with van der Waals surface area (Å²) in [7, 11) is 0. The van der Waals surface area contributed by atoms with Gasteiger partial charge in [0.1, 0.15) is 6.10 Å². The fourth-order valence-corrected chi connectivity index (χ4v) is 2.03. The highest BCUT2D eigenvalue weighted by molar-refractivity contribution is 7.99. The molecule has 0 unspecified atom stereocenters. The van der Waals surface area contributed by atoms with Crippen LogP contribution in [0.1, 0.15) is 33.6 Å². The van der Waals surface area contributed by atoms with Gasteiger partial charge in [-0.05, 0) is 12.2 Å². The molecule has 0 aliphatic carbocycles. The van der Waals surface area contributed by atoms with Crippen molar-refractivity contribution in [3.05, 3.63) is 0 Å². The lowest BCUT2D eigenvalue weighted by Crippen LogP contribution is -2.45. The van der Waals surface area contributed by atoms with Crippen LogP contribution in [0.3, 0.4) is 0 Å². The first kappa shape index (κ1) is 20.2. The number of carbonyl (C=O) groups is 2. The van der Waals surface area contributed by atoms with Crippen LogP contribution in [0.2, 0.25) is 0 Å². The maximum absolute atomic E-state index is 11.7. The molecule has 0 aliphatic rings. The van der Waals surface area contributed by atoms with Gasteiger partial charge in [-0.15, -0.1) is 0 Å². The first-order valence-electron chi connectivity index (χ1n) is 7.26. The molecule has 0 rings (SSSR count). The Hall–Kier alpha value is -0.790. The van der Waals surface area contributed by atoms with E-state index < -0.39 is 17.4 Å². The molecule has 0 spiro atoms. The van der Waals surface area contributed by atoms with E-state index in [1.165, 1.54) is 0 Å². The quantitative estimate of drug-likeness (QED) is 0.406. The summed E-state index contributed by atoms with van der Waals surface area (Å²) >= 11 is 1.77. The minimum atomic E-state index is -1.26. The summed E-state index contributed by atoms with van der Waals surface area (Å²) in [5.41, 5.74) is -0.877. The number of hydrogen-bond donors (Lipinski definition) is 4. The van der Waals surface area contributed by atoms with Gasteiger partial charge in [-0.25, -0.2) is 0 Å². The van der Waals surface area contributed by atoms with Crippen molar-refractivity contribution in [3.8, 4) is 0 Å². The van der Waals surface area contributed by atoms with Gasteiger partial charge in [-0.2, -0.15) is 11.8 Å². The Kier molecular flexibility index (Phi) is 10.5. The molecule has 0 bridgehead atoms. The van der Waals surface area contributed by atoms with Gasteiger partial charge in [0.2, 0.25) is 11.8 Å². The van der Waals surface area contributed by atoms with E-state index in [1.807, 2.05) is 0 Å². The highest BCUT2D eigenvalue weighted by atomic mass is 32.2. The van der Waals surface area contributed by atoms with Crippen LogP contribution in [0.15, 0.2) is 0 Å². The van der Waals surface area contributed by atoms with Gasteiger partial charge in [-0.1, -0.05) is 20.8 Å². The zero-order valence-corrected chi connectivity index (χ0v) is 14.0. The van der Waals surface area contributed by atoms with E-state index in [-0.39, 0.29) is 12.5 Å². The van der Waals surface area contributed by atoms with Crippen molar-refractivity contribution in [2.45, 2.75) is 39.7 Å². The molecule has 1 atom stereocenters. The molecule has 0 saturated heterocycles. The van der Waals surface area contributed by atoms with Crippen molar-refractivity contribution in [1.29, 1.82) is 0 Å². The van der Waals surface area contributed by atoms with Crippen LogP contribution in [-0.2, 0) is 9.59 Å². The molecule has 0 radical (unpaired) electrons. The van der Waals surface area contributed by atoms with Crippen LogP contribution in [-0.4, -0.2) is 59.3 Å². The van der Waals surface area contributed by atoms with Crippen LogP contribution in [0, 0.1) is 5.41 Å². The minimum Gasteiger partial charge on any atom is -0.396 e. The predicted molar refractivity (Wildman–Crippen MR) is 85.1 cm³/mol. The molecule has 0 aliphatic heterocycles. The van der Waals surface area contributed by atoms with Crippen molar-refractivity contribution in [1.82, 2.24) is 10.6 Å². The first-order valence-corrected chi connectivity index (χ1v) is 8.41. The summed E-state index contributed by atoms with van der Waals surface area (Å²) in [6, 6.07) is 0. The van der Waals surface area contributed by atoms with Crippen LogP contribution in [0.5, 0.6) is 0 Å². The Morgan fingerprint density at radius 1 is 1.24 bits per heavy atom. The van der Waals surface area contributed by atoms with Gasteiger partial charge >= 0.3 is 0 Å². The number of nitrogens with one attached hydrogen (secondary N) is 2. The van der Waals surface area contributed by atoms with Crippen molar-refractivity contribution < 1.29 is 19.8 Å². The Morgan fingerprint density at radius 2 is 1.90 bits per heavy atom. The second kappa shape index (κ2) is 10.9. The molecular formula is C14H28N2O4S. The van der Waals surface area contributed by atoms with E-state index in [0.29, 0.717) is 25.9 Å². The number of amides is 2. The van der Waals surface area contributed by atoms with Crippen molar-refractivity contribution >= 4 is 23.6 Å². The third-order valence-corrected chi connectivity index (χ3v) is 3.95. The normalized spacial score (nSPS) is 12.8. The Morgan fingerprint density at radius 3 is 2.48 bits per heavy atom. The molecule has 124 valence electrons. The lowest BCUT2D eigenvalue weighted by molar-refractivity contribution is -0.137. The van der Waals surface area contributed by atoms with Crippen molar-refractivity contribution in [3.63, 3.8) is 0 Å². The van der Waals surface area contributed by atoms with Crippen LogP contribution in [0.25, 0.3) is 0 Å². The van der Waals surface area contributed by atoms with Gasteiger partial charge in [0.05, 0.1) is 6.61 Å². The predicted octanol–water partition coefficient (Wildman–Crippen LogP) is 0.132. The molecule has 4 N–H and O–H groups in total. The fraction of sp³-hybridized carbons (Fsp3) is 0.857. The molecule has 0 aromatic rings. The second-order valence-electron chi connectivity index (χ2n) is 5.49. The van der Waals surface area contributed by atoms with E-state index in [9.17, 15) is 14.7 Å². The zero-order valence-electron chi connectivity index (χ0n) is 13.1. The Labute approximate surface area is 131 Å². The number of aliphatic hydroxyl groups excluding tert-OH is 2. The SMILES string of the molecule is CCSCCNC(=O)CCCNC(=O)[C@H](O)C(C)(C)CO. The standard InChI is InChI=1S/C14H28N2O4S/c1-4-21-9-8-15-11(18)6-5-7-16-13(20)12(19)14(2,3)10-17/h12,17,19H,4-10H2,1-3H3,(H,15,18)(H,16,20)/t12-/m0/s1. The number of thioether (sulfide) groups is 1. The summed E-state index contributed by atoms with van der Waals surface area (Å²) in [5, 5.41) is 24.2. The lowest BCUT2D eigenvalue weighted by atomic mass is 9.87. The van der Waals surface area contributed by atoms with Crippen molar-refractivity contribution in [2.24, 2.45) is 5.41 Å². The monoisotopic (exact) mass is 320 g/mol. The van der Waals surface area contributed by atoms with Gasteiger partial charge in [0.15, 0.2) is 0 Å². The smallest absolute Gasteiger partial charge is 0.249 e. The zero-order chi connectivity index (χ0) is 16.3. The van der Waals surface area contributed by atoms with E-state index >= 15 is 0 Å². The maximum atomic E-state index is 11.7. The lowest BCUT2D eigenvalue weighted by Gasteiger charge is -2.27. The minimum absolute atomic E-state index is 0.0304. The topological polar surface area (TPSA) is 98.7 Å². The van der Waals surface area contributed by atoms with Crippen LogP contribution < -0.4 is 10.6 Å². The summed E-state index contributed by atoms with van der Waals surface area (Å²) in [4.78, 5) is 23.1. The molecule has 2 amide bonds. The average Bonchev–Trinajstić information content (AvgIpc) is 2.47. The Bertz CT molecular complexity index is 324. The summed E-state index contributed by atoms with van der Waals surface area (Å²) in [5.74, 6) is 1.39. The molecule has 0 fully saturated rings. The molecular weight excluding hydrogens is 292 g/mol. The molecule has 0 saturated carbocycles. The van der Waals surface area contributed by atoms with Gasteiger partial charge in [0.25, 0.3) is 0 Å². The third kappa shape index (κ3) is 8.95. The molecule has 0 heterocycles. The highest BCUT2D eigenvalue weighted by Crippen LogP contribution is 2.19. The van der Waals surface area contributed by atoms with Gasteiger partial charge < -0.3 is 20.8 Å². The van der Waals surface area contributed by atoms with E-state index in [2.05, 4.69) is 17.6 Å². The number of aliphatic hydroxyl groups is 2. The van der Waals surface area contributed by atoms with Crippen molar-refractivity contribution in [2.75, 3.05) is 31.2 Å². The van der Waals surface area contributed by atoms with E-state index in [4.69, 9.17) is 5.11 Å². The van der Waals surface area contributed by atoms with Gasteiger partial charge in [-0.3, -0.25) is 9.59 Å². The molecule has 0 aromatic heterocycles. The van der Waals surface area contributed by atoms with E-state index in [1.54, 1.807) is 25.6 Å². The Balaban J connectivity index is 3.75. The number of carbonyl (C=O) groups excluding carboxylic acids is 2. The average molecular weight is 320 g/mol. The summed E-state index contributed by atoms with van der Waals surface area (Å²) in [6.07, 6.45) is -0.399. The first-order chi connectivity index (χ1) is 9.85. The highest BCUT2D eigenvalue weighted by Gasteiger charge is 2.32. The second-order valence-corrected chi connectivity index (χ2v) is 6.88. The molecule has 6 nitrogen and oxygen atoms in total. The molecule has 0 aromatic carbocycles. The van der Waals surface area contributed by atoms with Gasteiger partial charge in [0, 0.05) is 30.7 Å². The maximum Gasteiger partial charge on any atom is 0.249 e. The largest absolute Gasteiger partial charge is 0.396 e.